The largest absolute Gasteiger partial charge is 0.480 e. The molecule has 2 N–H and O–H groups in total. The van der Waals surface area contributed by atoms with Crippen LogP contribution in [-0.4, -0.2) is 36.5 Å². The number of aliphatic carboxylic acids is 1. The van der Waals surface area contributed by atoms with Gasteiger partial charge in [-0.2, -0.15) is 8.42 Å². The first kappa shape index (κ1) is 14.6. The molecule has 0 aliphatic heterocycles. The molecule has 90 valence electrons. The van der Waals surface area contributed by atoms with Crippen LogP contribution in [0, 0.1) is 0 Å². The molecule has 0 aromatic heterocycles. The summed E-state index contributed by atoms with van der Waals surface area (Å²) in [5, 5.41) is 9.05. The summed E-state index contributed by atoms with van der Waals surface area (Å²) < 4.78 is 29.6. The van der Waals surface area contributed by atoms with Crippen LogP contribution in [0.4, 0.5) is 0 Å². The minimum absolute atomic E-state index is 0.0690. The number of hydrogen-bond donors (Lipinski definition) is 2. The van der Waals surface area contributed by atoms with Gasteiger partial charge < -0.3 is 5.11 Å². The van der Waals surface area contributed by atoms with E-state index in [-0.39, 0.29) is 5.54 Å². The monoisotopic (exact) mass is 254 g/mol. The van der Waals surface area contributed by atoms with Gasteiger partial charge >= 0.3 is 5.97 Å². The van der Waals surface area contributed by atoms with Gasteiger partial charge in [0.2, 0.25) is 0 Å². The molecule has 0 fully saturated rings. The Kier molecular flexibility index (Phi) is 3.77. The van der Waals surface area contributed by atoms with Gasteiger partial charge in [0.25, 0.3) is 10.1 Å². The molecule has 0 saturated heterocycles. The zero-order chi connectivity index (χ0) is 12.7. The minimum atomic E-state index is -4.60. The van der Waals surface area contributed by atoms with Gasteiger partial charge in [0.05, 0.1) is 8.07 Å². The van der Waals surface area contributed by atoms with Gasteiger partial charge in [0.15, 0.2) is 4.37 Å². The molecule has 1 unspecified atom stereocenters. The van der Waals surface area contributed by atoms with Crippen molar-refractivity contribution in [2.75, 3.05) is 0 Å². The van der Waals surface area contributed by atoms with Crippen molar-refractivity contribution in [1.29, 1.82) is 0 Å². The Balaban J connectivity index is 5.85. The van der Waals surface area contributed by atoms with Gasteiger partial charge in [-0.05, 0) is 12.5 Å². The van der Waals surface area contributed by atoms with Gasteiger partial charge in [0.1, 0.15) is 0 Å². The first-order chi connectivity index (χ1) is 6.39. The smallest absolute Gasteiger partial charge is 0.324 e. The molecule has 0 aromatic rings. The van der Waals surface area contributed by atoms with Gasteiger partial charge in [-0.3, -0.25) is 9.35 Å². The van der Waals surface area contributed by atoms with Crippen molar-refractivity contribution in [2.24, 2.45) is 0 Å². The molecule has 0 aliphatic carbocycles. The van der Waals surface area contributed by atoms with Crippen molar-refractivity contribution in [1.82, 2.24) is 0 Å². The third-order valence-electron chi connectivity index (χ3n) is 3.60. The Morgan fingerprint density at radius 3 is 1.73 bits per heavy atom. The summed E-state index contributed by atoms with van der Waals surface area (Å²) in [6, 6.07) is 0. The summed E-state index contributed by atoms with van der Waals surface area (Å²) in [5.41, 5.74) is -0.0690. The van der Waals surface area contributed by atoms with E-state index in [0.29, 0.717) is 0 Å². The zero-order valence-electron chi connectivity index (χ0n) is 9.60. The van der Waals surface area contributed by atoms with Crippen molar-refractivity contribution >= 4 is 24.2 Å². The third-order valence-corrected chi connectivity index (χ3v) is 12.7. The van der Waals surface area contributed by atoms with Crippen LogP contribution in [0.5, 0.6) is 0 Å². The highest BCUT2D eigenvalue weighted by molar-refractivity contribution is 7.90. The maximum Gasteiger partial charge on any atom is 0.324 e. The number of carboxylic acid groups (broad SMARTS) is 1. The van der Waals surface area contributed by atoms with E-state index < -0.39 is 28.5 Å². The SMILES string of the molecule is CC(C)[Si](C)(C)C(C)(C(=O)O)S(=O)(=O)O. The van der Waals surface area contributed by atoms with Crippen molar-refractivity contribution in [3.8, 4) is 0 Å². The maximum absolute atomic E-state index is 11.3. The molecule has 0 bridgehead atoms. The van der Waals surface area contributed by atoms with Crippen molar-refractivity contribution < 1.29 is 22.9 Å². The van der Waals surface area contributed by atoms with E-state index in [1.165, 1.54) is 0 Å². The molecule has 0 heterocycles. The average molecular weight is 254 g/mol. The molecule has 0 amide bonds. The van der Waals surface area contributed by atoms with Crippen LogP contribution in [0.25, 0.3) is 0 Å². The van der Waals surface area contributed by atoms with Crippen LogP contribution < -0.4 is 0 Å². The molecular formula is C8H18O5SSi. The van der Waals surface area contributed by atoms with Crippen LogP contribution in [0.15, 0.2) is 0 Å². The number of carboxylic acids is 1. The Bertz CT molecular complexity index is 359. The summed E-state index contributed by atoms with van der Waals surface area (Å²) in [6.45, 7) is 7.95. The van der Waals surface area contributed by atoms with Gasteiger partial charge in [-0.15, -0.1) is 0 Å². The first-order valence-electron chi connectivity index (χ1n) is 4.59. The fourth-order valence-electron chi connectivity index (χ4n) is 1.27. The average Bonchev–Trinajstić information content (AvgIpc) is 1.99. The summed E-state index contributed by atoms with van der Waals surface area (Å²) in [7, 11) is -7.27. The van der Waals surface area contributed by atoms with E-state index >= 15 is 0 Å². The highest BCUT2D eigenvalue weighted by atomic mass is 32.2. The molecule has 0 radical (unpaired) electrons. The van der Waals surface area contributed by atoms with Gasteiger partial charge in [-0.1, -0.05) is 26.9 Å². The lowest BCUT2D eigenvalue weighted by Crippen LogP contribution is -2.63. The summed E-state index contributed by atoms with van der Waals surface area (Å²) in [5.74, 6) is -1.48. The van der Waals surface area contributed by atoms with Crippen LogP contribution in [0.3, 0.4) is 0 Å². The molecule has 15 heavy (non-hydrogen) atoms. The topological polar surface area (TPSA) is 91.7 Å². The zero-order valence-corrected chi connectivity index (χ0v) is 11.4. The lowest BCUT2D eigenvalue weighted by atomic mass is 10.5. The minimum Gasteiger partial charge on any atom is -0.480 e. The van der Waals surface area contributed by atoms with Crippen LogP contribution in [0.2, 0.25) is 18.6 Å². The van der Waals surface area contributed by atoms with Crippen molar-refractivity contribution in [3.05, 3.63) is 0 Å². The van der Waals surface area contributed by atoms with Gasteiger partial charge in [-0.25, -0.2) is 0 Å². The van der Waals surface area contributed by atoms with E-state index in [4.69, 9.17) is 9.66 Å². The van der Waals surface area contributed by atoms with Crippen LogP contribution in [-0.2, 0) is 14.9 Å². The lowest BCUT2D eigenvalue weighted by molar-refractivity contribution is -0.137. The Morgan fingerprint density at radius 2 is 1.67 bits per heavy atom. The molecule has 5 nitrogen and oxygen atoms in total. The summed E-state index contributed by atoms with van der Waals surface area (Å²) >= 11 is 0. The molecule has 0 rings (SSSR count). The number of rotatable bonds is 4. The summed E-state index contributed by atoms with van der Waals surface area (Å²) in [6.07, 6.45) is 0. The van der Waals surface area contributed by atoms with E-state index in [1.54, 1.807) is 26.9 Å². The molecule has 1 atom stereocenters. The number of carbonyl (C=O) groups is 1. The quantitative estimate of drug-likeness (QED) is 0.584. The standard InChI is InChI=1S/C8H18O5SSi/c1-6(2)15(4,5)8(3,7(9)10)14(11,12)13/h6H,1-5H3,(H,9,10)(H,11,12,13). The fourth-order valence-corrected chi connectivity index (χ4v) is 6.51. The highest BCUT2D eigenvalue weighted by Crippen LogP contribution is 2.36. The van der Waals surface area contributed by atoms with Crippen LogP contribution in [0.1, 0.15) is 20.8 Å². The first-order valence-corrected chi connectivity index (χ1v) is 9.11. The second kappa shape index (κ2) is 3.87. The summed E-state index contributed by atoms with van der Waals surface area (Å²) in [4.78, 5) is 11.1. The van der Waals surface area contributed by atoms with Crippen LogP contribution >= 0.6 is 0 Å². The van der Waals surface area contributed by atoms with Crippen molar-refractivity contribution in [3.63, 3.8) is 0 Å². The second-order valence-electron chi connectivity index (χ2n) is 4.69. The molecule has 0 spiro atoms. The highest BCUT2D eigenvalue weighted by Gasteiger charge is 2.59. The third kappa shape index (κ3) is 2.09. The van der Waals surface area contributed by atoms with E-state index in [0.717, 1.165) is 6.92 Å². The Hall–Kier alpha value is -0.403. The predicted molar refractivity (Wildman–Crippen MR) is 60.2 cm³/mol. The molecule has 7 heteroatoms. The molecule has 0 saturated carbocycles. The van der Waals surface area contributed by atoms with E-state index in [1.807, 2.05) is 0 Å². The fraction of sp³-hybridized carbons (Fsp3) is 0.875. The normalized spacial score (nSPS) is 17.5. The molecule has 0 aromatic carbocycles. The molecule has 0 aliphatic rings. The lowest BCUT2D eigenvalue weighted by Gasteiger charge is -2.39. The van der Waals surface area contributed by atoms with E-state index in [9.17, 15) is 13.2 Å². The Labute approximate surface area is 91.3 Å². The van der Waals surface area contributed by atoms with E-state index in [2.05, 4.69) is 0 Å². The van der Waals surface area contributed by atoms with Crippen molar-refractivity contribution in [2.45, 2.75) is 43.8 Å². The Morgan fingerprint density at radius 1 is 1.33 bits per heavy atom. The molecular weight excluding hydrogens is 236 g/mol. The van der Waals surface area contributed by atoms with Gasteiger partial charge in [0, 0.05) is 0 Å². The predicted octanol–water partition coefficient (Wildman–Crippen LogP) is 1.38. The number of hydrogen-bond acceptors (Lipinski definition) is 3. The maximum atomic E-state index is 11.3. The second-order valence-corrected chi connectivity index (χ2v) is 12.4.